The number of rotatable bonds is 5. The van der Waals surface area contributed by atoms with Crippen molar-refractivity contribution in [2.24, 2.45) is 0 Å². The second kappa shape index (κ2) is 15.4. The maximum Gasteiger partial charge on any atom is 0.423 e. The Labute approximate surface area is 245 Å². The van der Waals surface area contributed by atoms with E-state index in [2.05, 4.69) is 20.2 Å². The summed E-state index contributed by atoms with van der Waals surface area (Å²) in [5, 5.41) is 8.84. The molecule has 0 atom stereocenters. The van der Waals surface area contributed by atoms with Crippen molar-refractivity contribution in [3.05, 3.63) is 88.2 Å². The molecule has 5 rings (SSSR count). The van der Waals surface area contributed by atoms with Gasteiger partial charge in [0, 0.05) is 25.6 Å². The number of amides is 1. The van der Waals surface area contributed by atoms with Crippen LogP contribution < -0.4 is 11.3 Å². The summed E-state index contributed by atoms with van der Waals surface area (Å²) in [6, 6.07) is 4.89. The Balaban J connectivity index is 0.000000231. The van der Waals surface area contributed by atoms with Crippen LogP contribution in [0, 0.1) is 12.7 Å². The van der Waals surface area contributed by atoms with Gasteiger partial charge in [-0.25, -0.2) is 24.1 Å². The maximum absolute atomic E-state index is 14.4. The molecule has 1 aliphatic carbocycles. The molecular formula is C29H32F4N8O2. The van der Waals surface area contributed by atoms with E-state index in [9.17, 15) is 27.2 Å². The van der Waals surface area contributed by atoms with E-state index in [1.165, 1.54) is 49.5 Å². The zero-order chi connectivity index (χ0) is 31.4. The Morgan fingerprint density at radius 2 is 1.67 bits per heavy atom. The summed E-state index contributed by atoms with van der Waals surface area (Å²) in [5.74, 6) is -0.114. The van der Waals surface area contributed by atoms with Crippen LogP contribution >= 0.6 is 0 Å². The smallest absolute Gasteiger partial charge is 0.397 e. The second-order valence-corrected chi connectivity index (χ2v) is 9.64. The molecule has 1 saturated carbocycles. The minimum atomic E-state index is -4.74. The Hall–Kier alpha value is -4.88. The first-order valence-corrected chi connectivity index (χ1v) is 13.4. The van der Waals surface area contributed by atoms with Crippen LogP contribution in [0.15, 0.2) is 60.2 Å². The van der Waals surface area contributed by atoms with Crippen molar-refractivity contribution < 1.29 is 22.4 Å². The summed E-state index contributed by atoms with van der Waals surface area (Å²) in [4.78, 5) is 31.1. The molecule has 1 aliphatic rings. The number of halogens is 4. The largest absolute Gasteiger partial charge is 0.423 e. The number of nitrogens with two attached hydrogens (primary N) is 1. The normalized spacial score (nSPS) is 13.0. The van der Waals surface area contributed by atoms with Gasteiger partial charge in [-0.3, -0.25) is 9.59 Å². The van der Waals surface area contributed by atoms with E-state index in [-0.39, 0.29) is 5.82 Å². The second-order valence-electron chi connectivity index (χ2n) is 9.64. The topological polar surface area (TPSA) is 136 Å². The number of carbonyl (C=O) groups excluding carboxylic acids is 1. The van der Waals surface area contributed by atoms with E-state index in [1.807, 2.05) is 0 Å². The molecule has 228 valence electrons. The lowest BCUT2D eigenvalue weighted by Gasteiger charge is -2.09. The number of nitrogens with one attached hydrogen (secondary N) is 1. The van der Waals surface area contributed by atoms with Gasteiger partial charge in [0.05, 0.1) is 29.8 Å². The van der Waals surface area contributed by atoms with Crippen LogP contribution in [0.1, 0.15) is 55.2 Å². The molecule has 1 fully saturated rings. The highest BCUT2D eigenvalue weighted by molar-refractivity contribution is 5.66. The van der Waals surface area contributed by atoms with Gasteiger partial charge in [-0.1, -0.05) is 38.5 Å². The zero-order valence-electron chi connectivity index (χ0n) is 23.7. The number of alkyl halides is 3. The Kier molecular flexibility index (Phi) is 11.7. The Morgan fingerprint density at radius 1 is 1.05 bits per heavy atom. The van der Waals surface area contributed by atoms with E-state index < -0.39 is 28.8 Å². The van der Waals surface area contributed by atoms with Crippen LogP contribution in [0.25, 0.3) is 23.2 Å². The standard InChI is InChI=1S/C18H16FN5O.C6H12.C5H4F3N3O/c1-13-8-17(19)16(9-14(13)4-7-23(2)12-25)18-20-10-15(11-21-18)24-6-3-5-22-24;1-2-4-6-5-3-1;6-5(7,8)3-2(9)1-10-11-4(3)12/h3-12H,1-2H3;1-6H2;1H,(H3,9,11,12)/b7-4-;;. The van der Waals surface area contributed by atoms with Gasteiger partial charge in [-0.15, -0.1) is 0 Å². The first-order chi connectivity index (χ1) is 20.5. The van der Waals surface area contributed by atoms with Crippen molar-refractivity contribution >= 4 is 18.2 Å². The van der Waals surface area contributed by atoms with Crippen molar-refractivity contribution in [2.75, 3.05) is 12.8 Å². The predicted molar refractivity (Wildman–Crippen MR) is 154 cm³/mol. The zero-order valence-corrected chi connectivity index (χ0v) is 23.7. The number of hydrogen-bond donors (Lipinski definition) is 2. The van der Waals surface area contributed by atoms with Crippen molar-refractivity contribution in [1.29, 1.82) is 0 Å². The summed E-state index contributed by atoms with van der Waals surface area (Å²) in [6.07, 6.45) is 15.6. The fraction of sp³-hybridized carbons (Fsp3) is 0.310. The number of hydrogen-bond acceptors (Lipinski definition) is 7. The lowest BCUT2D eigenvalue weighted by molar-refractivity contribution is -0.138. The molecule has 3 heterocycles. The lowest BCUT2D eigenvalue weighted by atomic mass is 10.0. The average Bonchev–Trinajstić information content (AvgIpc) is 3.53. The molecule has 0 aliphatic heterocycles. The summed E-state index contributed by atoms with van der Waals surface area (Å²) in [5.41, 5.74) is 4.02. The predicted octanol–water partition coefficient (Wildman–Crippen LogP) is 5.55. The number of nitrogen functional groups attached to an aromatic ring is 1. The fourth-order valence-electron chi connectivity index (χ4n) is 4.04. The average molecular weight is 601 g/mol. The molecule has 0 saturated heterocycles. The van der Waals surface area contributed by atoms with E-state index in [0.29, 0.717) is 17.7 Å². The van der Waals surface area contributed by atoms with Crippen molar-refractivity contribution in [3.63, 3.8) is 0 Å². The number of anilines is 1. The quantitative estimate of drug-likeness (QED) is 0.227. The van der Waals surface area contributed by atoms with E-state index in [4.69, 9.17) is 5.73 Å². The molecule has 0 bridgehead atoms. The minimum absolute atomic E-state index is 0.284. The lowest BCUT2D eigenvalue weighted by Crippen LogP contribution is -2.24. The molecule has 1 amide bonds. The van der Waals surface area contributed by atoms with Gasteiger partial charge >= 0.3 is 6.18 Å². The molecule has 0 radical (unpaired) electrons. The summed E-state index contributed by atoms with van der Waals surface area (Å²) in [6.45, 7) is 1.80. The molecule has 3 N–H and O–H groups in total. The van der Waals surface area contributed by atoms with Crippen LogP contribution in [0.3, 0.4) is 0 Å². The van der Waals surface area contributed by atoms with Crippen LogP contribution in [-0.2, 0) is 11.0 Å². The summed E-state index contributed by atoms with van der Waals surface area (Å²) < 4.78 is 51.9. The van der Waals surface area contributed by atoms with Crippen LogP contribution in [-0.4, -0.2) is 48.3 Å². The highest BCUT2D eigenvalue weighted by atomic mass is 19.4. The van der Waals surface area contributed by atoms with Gasteiger partial charge in [0.25, 0.3) is 5.56 Å². The number of H-pyrrole nitrogens is 1. The van der Waals surface area contributed by atoms with Crippen LogP contribution in [0.4, 0.5) is 23.2 Å². The highest BCUT2D eigenvalue weighted by Gasteiger charge is 2.36. The van der Waals surface area contributed by atoms with Gasteiger partial charge in [0.2, 0.25) is 6.41 Å². The molecule has 0 unspecified atom stereocenters. The summed E-state index contributed by atoms with van der Waals surface area (Å²) in [7, 11) is 1.63. The van der Waals surface area contributed by atoms with Gasteiger partial charge in [0.15, 0.2) is 5.82 Å². The molecule has 43 heavy (non-hydrogen) atoms. The molecule has 3 aromatic heterocycles. The summed E-state index contributed by atoms with van der Waals surface area (Å²) >= 11 is 0. The van der Waals surface area contributed by atoms with Crippen LogP contribution in [0.5, 0.6) is 0 Å². The van der Waals surface area contributed by atoms with Crippen molar-refractivity contribution in [3.8, 4) is 17.1 Å². The number of aromatic nitrogens is 6. The third kappa shape index (κ3) is 9.58. The third-order valence-electron chi connectivity index (χ3n) is 6.33. The van der Waals surface area contributed by atoms with Gasteiger partial charge in [-0.2, -0.15) is 23.4 Å². The molecule has 14 heteroatoms. The molecule has 1 aromatic carbocycles. The van der Waals surface area contributed by atoms with Crippen molar-refractivity contribution in [1.82, 2.24) is 34.8 Å². The van der Waals surface area contributed by atoms with Gasteiger partial charge < -0.3 is 10.6 Å². The minimum Gasteiger partial charge on any atom is -0.397 e. The Morgan fingerprint density at radius 3 is 2.16 bits per heavy atom. The van der Waals surface area contributed by atoms with Gasteiger partial charge in [-0.05, 0) is 42.3 Å². The number of nitrogens with zero attached hydrogens (tertiary/aromatic N) is 6. The molecule has 4 aromatic rings. The van der Waals surface area contributed by atoms with E-state index in [1.54, 1.807) is 72.9 Å². The van der Waals surface area contributed by atoms with E-state index >= 15 is 0 Å². The van der Waals surface area contributed by atoms with Gasteiger partial charge in [0.1, 0.15) is 17.1 Å². The fourth-order valence-corrected chi connectivity index (χ4v) is 4.04. The molecular weight excluding hydrogens is 568 g/mol. The highest BCUT2D eigenvalue weighted by Crippen LogP contribution is 2.29. The number of benzene rings is 1. The molecule has 0 spiro atoms. The monoisotopic (exact) mass is 600 g/mol. The van der Waals surface area contributed by atoms with E-state index in [0.717, 1.165) is 17.3 Å². The number of carbonyl (C=O) groups is 1. The first kappa shape index (κ1) is 32.6. The molecule has 10 nitrogen and oxygen atoms in total. The third-order valence-corrected chi connectivity index (χ3v) is 6.33. The first-order valence-electron chi connectivity index (χ1n) is 13.4. The maximum atomic E-state index is 14.4. The SMILES string of the molecule is C1CCCCC1.Cc1cc(F)c(-c2ncc(-n3cccn3)cn2)cc1/C=C\N(C)C=O.Nc1cn[nH]c(=O)c1C(F)(F)F. The van der Waals surface area contributed by atoms with Crippen molar-refractivity contribution in [2.45, 2.75) is 51.6 Å². The number of aromatic amines is 1. The number of aryl methyl sites for hydroxylation is 1. The van der Waals surface area contributed by atoms with Crippen LogP contribution in [0.2, 0.25) is 0 Å². The Bertz CT molecular complexity index is 1540.